The first kappa shape index (κ1) is 19.1. The molecule has 136 valence electrons. The molecule has 1 amide bonds. The topological polar surface area (TPSA) is 76.5 Å². The number of hydrogen-bond acceptors (Lipinski definition) is 6. The van der Waals surface area contributed by atoms with Crippen molar-refractivity contribution >= 4 is 28.2 Å². The van der Waals surface area contributed by atoms with E-state index in [1.807, 2.05) is 32.1 Å². The molecule has 0 bridgehead atoms. The summed E-state index contributed by atoms with van der Waals surface area (Å²) < 4.78 is 6.80. The van der Waals surface area contributed by atoms with Gasteiger partial charge in [0.15, 0.2) is 0 Å². The molecule has 2 aromatic heterocycles. The summed E-state index contributed by atoms with van der Waals surface area (Å²) in [5.41, 5.74) is 1.46. The number of likely N-dealkylation sites (N-methyl/N-ethyl adjacent to an activating group) is 1. The fraction of sp³-hybridized carbons (Fsp3) is 0.471. The monoisotopic (exact) mass is 364 g/mol. The number of nitrogens with one attached hydrogen (secondary N) is 1. The van der Waals surface area contributed by atoms with E-state index in [0.717, 1.165) is 16.9 Å². The predicted molar refractivity (Wildman–Crippen MR) is 97.8 cm³/mol. The molecule has 0 atom stereocenters. The molecule has 0 aromatic carbocycles. The van der Waals surface area contributed by atoms with Gasteiger partial charge in [-0.2, -0.15) is 5.10 Å². The van der Waals surface area contributed by atoms with Gasteiger partial charge in [-0.3, -0.25) is 14.4 Å². The van der Waals surface area contributed by atoms with Crippen molar-refractivity contribution in [1.82, 2.24) is 14.7 Å². The number of amides is 1. The highest BCUT2D eigenvalue weighted by atomic mass is 32.1. The maximum atomic E-state index is 12.3. The lowest BCUT2D eigenvalue weighted by molar-refractivity contribution is -0.117. The number of aryl methyl sites for hydroxylation is 2. The quantitative estimate of drug-likeness (QED) is 0.727. The lowest BCUT2D eigenvalue weighted by Crippen LogP contribution is -2.30. The summed E-state index contributed by atoms with van der Waals surface area (Å²) in [5.74, 6) is -0.570. The van der Waals surface area contributed by atoms with Gasteiger partial charge >= 0.3 is 5.97 Å². The number of nitrogens with zero attached hydrogens (tertiary/aromatic N) is 3. The summed E-state index contributed by atoms with van der Waals surface area (Å²) in [6, 6.07) is 1.79. The Morgan fingerprint density at radius 2 is 2.16 bits per heavy atom. The van der Waals surface area contributed by atoms with Gasteiger partial charge in [0.1, 0.15) is 5.00 Å². The maximum Gasteiger partial charge on any atom is 0.341 e. The molecular weight excluding hydrogens is 340 g/mol. The van der Waals surface area contributed by atoms with E-state index in [9.17, 15) is 9.59 Å². The number of aromatic nitrogens is 2. The van der Waals surface area contributed by atoms with Crippen molar-refractivity contribution < 1.29 is 14.3 Å². The zero-order chi connectivity index (χ0) is 18.4. The van der Waals surface area contributed by atoms with Crippen molar-refractivity contribution in [1.29, 1.82) is 0 Å². The molecule has 0 fully saturated rings. The molecular formula is C17H24N4O3S. The second kappa shape index (κ2) is 8.77. The maximum absolute atomic E-state index is 12.3. The third-order valence-electron chi connectivity index (χ3n) is 3.50. The molecule has 0 aliphatic heterocycles. The summed E-state index contributed by atoms with van der Waals surface area (Å²) in [6.45, 7) is 4.91. The number of esters is 1. The summed E-state index contributed by atoms with van der Waals surface area (Å²) in [6.07, 6.45) is 4.49. The smallest absolute Gasteiger partial charge is 0.341 e. The number of hydrogen-bond donors (Lipinski definition) is 1. The minimum absolute atomic E-state index is 0.165. The van der Waals surface area contributed by atoms with Crippen molar-refractivity contribution in [2.75, 3.05) is 25.5 Å². The summed E-state index contributed by atoms with van der Waals surface area (Å²) >= 11 is 1.41. The lowest BCUT2D eigenvalue weighted by atomic mass is 10.2. The van der Waals surface area contributed by atoms with Crippen LogP contribution >= 0.6 is 11.3 Å². The van der Waals surface area contributed by atoms with Crippen LogP contribution in [0.4, 0.5) is 5.00 Å². The largest absolute Gasteiger partial charge is 0.462 e. The minimum Gasteiger partial charge on any atom is -0.462 e. The number of anilines is 1. The van der Waals surface area contributed by atoms with Crippen LogP contribution in [0.5, 0.6) is 0 Å². The molecule has 2 heterocycles. The molecule has 8 heteroatoms. The van der Waals surface area contributed by atoms with Gasteiger partial charge in [-0.25, -0.2) is 4.79 Å². The van der Waals surface area contributed by atoms with Crippen LogP contribution < -0.4 is 5.32 Å². The number of carbonyl (C=O) groups is 2. The molecule has 0 spiro atoms. The Hall–Kier alpha value is -2.19. The second-order valence-electron chi connectivity index (χ2n) is 5.77. The van der Waals surface area contributed by atoms with E-state index in [1.54, 1.807) is 23.9 Å². The first-order chi connectivity index (χ1) is 11.9. The van der Waals surface area contributed by atoms with Gasteiger partial charge < -0.3 is 10.1 Å². The summed E-state index contributed by atoms with van der Waals surface area (Å²) in [5, 5.41) is 7.51. The van der Waals surface area contributed by atoms with Crippen LogP contribution in [-0.4, -0.2) is 46.8 Å². The number of rotatable bonds is 8. The Labute approximate surface area is 151 Å². The molecule has 7 nitrogen and oxygen atoms in total. The first-order valence-corrected chi connectivity index (χ1v) is 9.00. The highest BCUT2D eigenvalue weighted by Crippen LogP contribution is 2.29. The average molecular weight is 364 g/mol. The fourth-order valence-corrected chi connectivity index (χ4v) is 3.40. The first-order valence-electron chi connectivity index (χ1n) is 8.18. The van der Waals surface area contributed by atoms with Gasteiger partial charge in [-0.15, -0.1) is 11.3 Å². The Morgan fingerprint density at radius 1 is 1.40 bits per heavy atom. The van der Waals surface area contributed by atoms with Crippen molar-refractivity contribution in [2.45, 2.75) is 26.8 Å². The van der Waals surface area contributed by atoms with Gasteiger partial charge in [0.05, 0.1) is 24.9 Å². The highest BCUT2D eigenvalue weighted by Gasteiger charge is 2.19. The molecule has 0 aliphatic carbocycles. The van der Waals surface area contributed by atoms with E-state index >= 15 is 0 Å². The van der Waals surface area contributed by atoms with Crippen molar-refractivity contribution in [3.05, 3.63) is 34.5 Å². The van der Waals surface area contributed by atoms with Crippen molar-refractivity contribution in [3.63, 3.8) is 0 Å². The standard InChI is InChI=1S/C17H24N4O3S/c1-5-13-7-14(17(23)24-6-2)16(25-13)19-15(22)11-20(3)9-12-8-18-21(4)10-12/h7-8,10H,5-6,9,11H2,1-4H3,(H,19,22). The molecule has 0 radical (unpaired) electrons. The van der Waals surface area contributed by atoms with Crippen LogP contribution in [0.2, 0.25) is 0 Å². The molecule has 0 saturated heterocycles. The molecule has 0 unspecified atom stereocenters. The van der Waals surface area contributed by atoms with E-state index in [4.69, 9.17) is 4.74 Å². The third-order valence-corrected chi connectivity index (χ3v) is 4.70. The summed E-state index contributed by atoms with van der Waals surface area (Å²) in [7, 11) is 3.72. The zero-order valence-electron chi connectivity index (χ0n) is 15.0. The van der Waals surface area contributed by atoms with Crippen LogP contribution in [0.25, 0.3) is 0 Å². The molecule has 2 aromatic rings. The fourth-order valence-electron chi connectivity index (χ4n) is 2.40. The molecule has 0 saturated carbocycles. The van der Waals surface area contributed by atoms with Crippen LogP contribution in [0.1, 0.15) is 34.6 Å². The Morgan fingerprint density at radius 3 is 2.76 bits per heavy atom. The van der Waals surface area contributed by atoms with Gasteiger partial charge in [0.25, 0.3) is 0 Å². The Kier molecular flexibility index (Phi) is 6.72. The van der Waals surface area contributed by atoms with Crippen LogP contribution in [0.3, 0.4) is 0 Å². The molecule has 2 rings (SSSR count). The van der Waals surface area contributed by atoms with Crippen molar-refractivity contribution in [2.24, 2.45) is 7.05 Å². The number of ether oxygens (including phenoxy) is 1. The van der Waals surface area contributed by atoms with Gasteiger partial charge in [-0.1, -0.05) is 6.92 Å². The minimum atomic E-state index is -0.405. The van der Waals surface area contributed by atoms with Gasteiger partial charge in [0, 0.05) is 30.2 Å². The SMILES string of the molecule is CCOC(=O)c1cc(CC)sc1NC(=O)CN(C)Cc1cnn(C)c1. The van der Waals surface area contributed by atoms with Gasteiger partial charge in [0.2, 0.25) is 5.91 Å². The van der Waals surface area contributed by atoms with E-state index in [1.165, 1.54) is 11.3 Å². The van der Waals surface area contributed by atoms with E-state index in [-0.39, 0.29) is 12.5 Å². The number of thiophene rings is 1. The second-order valence-corrected chi connectivity index (χ2v) is 6.91. The van der Waals surface area contributed by atoms with Crippen LogP contribution in [0.15, 0.2) is 18.5 Å². The Balaban J connectivity index is 1.99. The third kappa shape index (κ3) is 5.40. The van der Waals surface area contributed by atoms with E-state index in [0.29, 0.717) is 23.7 Å². The average Bonchev–Trinajstić information content (AvgIpc) is 3.13. The summed E-state index contributed by atoms with van der Waals surface area (Å²) in [4.78, 5) is 27.3. The van der Waals surface area contributed by atoms with E-state index in [2.05, 4.69) is 10.4 Å². The van der Waals surface area contributed by atoms with E-state index < -0.39 is 5.97 Å². The van der Waals surface area contributed by atoms with Crippen molar-refractivity contribution in [3.8, 4) is 0 Å². The lowest BCUT2D eigenvalue weighted by Gasteiger charge is -2.15. The highest BCUT2D eigenvalue weighted by molar-refractivity contribution is 7.16. The van der Waals surface area contributed by atoms with Gasteiger partial charge in [-0.05, 0) is 26.5 Å². The van der Waals surface area contributed by atoms with Crippen LogP contribution in [0, 0.1) is 0 Å². The predicted octanol–water partition coefficient (Wildman–Crippen LogP) is 2.29. The Bertz CT molecular complexity index is 738. The zero-order valence-corrected chi connectivity index (χ0v) is 15.9. The molecule has 1 N–H and O–H groups in total. The van der Waals surface area contributed by atoms with Crippen LogP contribution in [-0.2, 0) is 29.5 Å². The molecule has 0 aliphatic rings. The molecule has 25 heavy (non-hydrogen) atoms. The normalized spacial score (nSPS) is 10.9. The number of carbonyl (C=O) groups excluding carboxylic acids is 2.